The van der Waals surface area contributed by atoms with Gasteiger partial charge in [-0.05, 0) is 29.0 Å². The zero-order chi connectivity index (χ0) is 15.4. The highest BCUT2D eigenvalue weighted by Gasteiger charge is 2.15. The molecule has 0 saturated carbocycles. The Morgan fingerprint density at radius 1 is 1.52 bits per heavy atom. The van der Waals surface area contributed by atoms with Crippen molar-refractivity contribution in [3.8, 4) is 0 Å². The lowest BCUT2D eigenvalue weighted by atomic mass is 10.1. The first kappa shape index (κ1) is 15.4. The summed E-state index contributed by atoms with van der Waals surface area (Å²) in [5, 5.41) is 20.4. The Bertz CT molecular complexity index is 627. The lowest BCUT2D eigenvalue weighted by Crippen LogP contribution is -2.15. The van der Waals surface area contributed by atoms with E-state index in [4.69, 9.17) is 16.7 Å². The molecule has 0 aliphatic carbocycles. The van der Waals surface area contributed by atoms with Gasteiger partial charge in [-0.25, -0.2) is 9.07 Å². The number of rotatable bonds is 6. The Labute approximate surface area is 125 Å². The van der Waals surface area contributed by atoms with E-state index < -0.39 is 17.7 Å². The number of hydrogen-bond donors (Lipinski definition) is 1. The maximum atomic E-state index is 13.8. The van der Waals surface area contributed by atoms with Gasteiger partial charge in [0.1, 0.15) is 5.82 Å². The van der Waals surface area contributed by atoms with Crippen LogP contribution in [0, 0.1) is 11.7 Å². The third kappa shape index (κ3) is 3.75. The second kappa shape index (κ2) is 6.62. The van der Waals surface area contributed by atoms with Crippen LogP contribution in [0.15, 0.2) is 18.2 Å². The fourth-order valence-electron chi connectivity index (χ4n) is 1.82. The predicted molar refractivity (Wildman–Crippen MR) is 73.4 cm³/mol. The average molecular weight is 313 g/mol. The molecule has 2 rings (SSSR count). The number of aliphatic carboxylic acids is 1. The first-order chi connectivity index (χ1) is 9.99. The van der Waals surface area contributed by atoms with Gasteiger partial charge in [0.05, 0.1) is 5.92 Å². The van der Waals surface area contributed by atoms with E-state index in [-0.39, 0.29) is 6.42 Å². The van der Waals surface area contributed by atoms with Crippen molar-refractivity contribution in [3.05, 3.63) is 40.4 Å². The van der Waals surface area contributed by atoms with Crippen molar-refractivity contribution < 1.29 is 14.3 Å². The Morgan fingerprint density at radius 2 is 2.29 bits per heavy atom. The van der Waals surface area contributed by atoms with Crippen LogP contribution in [-0.2, 0) is 17.8 Å². The molecule has 0 spiro atoms. The normalized spacial score (nSPS) is 12.3. The standard InChI is InChI=1S/C13H14ClFN4O2/c1-8(13(20)21)5-6-19-12(16-17-18-19)7-9-10(14)3-2-4-11(9)15/h2-4,8H,5-7H2,1H3,(H,20,21). The van der Waals surface area contributed by atoms with Crippen LogP contribution < -0.4 is 0 Å². The molecular formula is C13H14ClFN4O2. The summed E-state index contributed by atoms with van der Waals surface area (Å²) >= 11 is 5.97. The molecule has 0 fully saturated rings. The Balaban J connectivity index is 2.12. The van der Waals surface area contributed by atoms with Crippen LogP contribution in [0.1, 0.15) is 24.7 Å². The Morgan fingerprint density at radius 3 is 2.95 bits per heavy atom. The van der Waals surface area contributed by atoms with Crippen LogP contribution in [0.25, 0.3) is 0 Å². The van der Waals surface area contributed by atoms with Gasteiger partial charge in [-0.15, -0.1) is 5.10 Å². The number of carbonyl (C=O) groups is 1. The monoisotopic (exact) mass is 312 g/mol. The molecule has 1 N–H and O–H groups in total. The summed E-state index contributed by atoms with van der Waals surface area (Å²) in [6.07, 6.45) is 0.540. The van der Waals surface area contributed by atoms with E-state index in [0.29, 0.717) is 29.4 Å². The molecule has 0 aliphatic rings. The van der Waals surface area contributed by atoms with Crippen LogP contribution >= 0.6 is 11.6 Å². The van der Waals surface area contributed by atoms with E-state index in [1.54, 1.807) is 13.0 Å². The molecule has 112 valence electrons. The number of halogens is 2. The number of tetrazole rings is 1. The highest BCUT2D eigenvalue weighted by Crippen LogP contribution is 2.21. The summed E-state index contributed by atoms with van der Waals surface area (Å²) in [7, 11) is 0. The van der Waals surface area contributed by atoms with Crippen molar-refractivity contribution in [2.24, 2.45) is 5.92 Å². The average Bonchev–Trinajstić information content (AvgIpc) is 2.87. The van der Waals surface area contributed by atoms with E-state index in [1.807, 2.05) is 0 Å². The van der Waals surface area contributed by atoms with Gasteiger partial charge in [-0.1, -0.05) is 24.6 Å². The fourth-order valence-corrected chi connectivity index (χ4v) is 2.05. The molecular weight excluding hydrogens is 299 g/mol. The highest BCUT2D eigenvalue weighted by atomic mass is 35.5. The summed E-state index contributed by atoms with van der Waals surface area (Å²) in [5.74, 6) is -1.35. The minimum Gasteiger partial charge on any atom is -0.481 e. The number of aryl methyl sites for hydroxylation is 1. The van der Waals surface area contributed by atoms with Crippen molar-refractivity contribution in [2.75, 3.05) is 0 Å². The van der Waals surface area contributed by atoms with Gasteiger partial charge < -0.3 is 5.11 Å². The van der Waals surface area contributed by atoms with E-state index >= 15 is 0 Å². The third-order valence-electron chi connectivity index (χ3n) is 3.20. The molecule has 0 amide bonds. The number of benzene rings is 1. The summed E-state index contributed by atoms with van der Waals surface area (Å²) < 4.78 is 15.2. The Kier molecular flexibility index (Phi) is 4.85. The molecule has 2 aromatic rings. The number of carboxylic acid groups (broad SMARTS) is 1. The maximum absolute atomic E-state index is 13.8. The molecule has 1 aromatic carbocycles. The van der Waals surface area contributed by atoms with Gasteiger partial charge in [-0.3, -0.25) is 4.79 Å². The lowest BCUT2D eigenvalue weighted by molar-refractivity contribution is -0.141. The second-order valence-corrected chi connectivity index (χ2v) is 5.13. The van der Waals surface area contributed by atoms with Crippen LogP contribution in [0.4, 0.5) is 4.39 Å². The van der Waals surface area contributed by atoms with Crippen molar-refractivity contribution >= 4 is 17.6 Å². The fraction of sp³-hybridized carbons (Fsp3) is 0.385. The van der Waals surface area contributed by atoms with Crippen molar-refractivity contribution in [1.82, 2.24) is 20.2 Å². The SMILES string of the molecule is CC(CCn1nnnc1Cc1c(F)cccc1Cl)C(=O)O. The number of carboxylic acids is 1. The minimum atomic E-state index is -0.873. The third-order valence-corrected chi connectivity index (χ3v) is 3.55. The van der Waals surface area contributed by atoms with Gasteiger partial charge >= 0.3 is 5.97 Å². The second-order valence-electron chi connectivity index (χ2n) is 4.72. The predicted octanol–water partition coefficient (Wildman–Crippen LogP) is 2.17. The molecule has 1 atom stereocenters. The topological polar surface area (TPSA) is 80.9 Å². The number of aromatic nitrogens is 4. The van der Waals surface area contributed by atoms with Gasteiger partial charge in [0.15, 0.2) is 5.82 Å². The number of nitrogens with zero attached hydrogens (tertiary/aromatic N) is 4. The van der Waals surface area contributed by atoms with Gasteiger partial charge in [0.2, 0.25) is 0 Å². The molecule has 8 heteroatoms. The smallest absolute Gasteiger partial charge is 0.306 e. The van der Waals surface area contributed by atoms with Crippen LogP contribution in [0.3, 0.4) is 0 Å². The molecule has 6 nitrogen and oxygen atoms in total. The van der Waals surface area contributed by atoms with Crippen molar-refractivity contribution in [3.63, 3.8) is 0 Å². The minimum absolute atomic E-state index is 0.153. The summed E-state index contributed by atoms with van der Waals surface area (Å²) in [5.41, 5.74) is 0.321. The molecule has 1 aromatic heterocycles. The first-order valence-electron chi connectivity index (χ1n) is 6.39. The van der Waals surface area contributed by atoms with E-state index in [1.165, 1.54) is 16.8 Å². The maximum Gasteiger partial charge on any atom is 0.306 e. The zero-order valence-electron chi connectivity index (χ0n) is 11.3. The quantitative estimate of drug-likeness (QED) is 0.884. The molecule has 0 aliphatic heterocycles. The highest BCUT2D eigenvalue weighted by molar-refractivity contribution is 6.31. The van der Waals surface area contributed by atoms with Crippen LogP contribution in [0.5, 0.6) is 0 Å². The Hall–Kier alpha value is -2.02. The van der Waals surface area contributed by atoms with Crippen molar-refractivity contribution in [1.29, 1.82) is 0 Å². The zero-order valence-corrected chi connectivity index (χ0v) is 12.1. The first-order valence-corrected chi connectivity index (χ1v) is 6.77. The van der Waals surface area contributed by atoms with Crippen LogP contribution in [-0.4, -0.2) is 31.3 Å². The van der Waals surface area contributed by atoms with Crippen molar-refractivity contribution in [2.45, 2.75) is 26.3 Å². The van der Waals surface area contributed by atoms with E-state index in [9.17, 15) is 9.18 Å². The molecule has 0 bridgehead atoms. The molecule has 1 unspecified atom stereocenters. The van der Waals surface area contributed by atoms with Gasteiger partial charge in [-0.2, -0.15) is 0 Å². The largest absolute Gasteiger partial charge is 0.481 e. The van der Waals surface area contributed by atoms with Gasteiger partial charge in [0, 0.05) is 23.6 Å². The van der Waals surface area contributed by atoms with E-state index in [2.05, 4.69) is 15.5 Å². The van der Waals surface area contributed by atoms with Gasteiger partial charge in [0.25, 0.3) is 0 Å². The van der Waals surface area contributed by atoms with Crippen LogP contribution in [0.2, 0.25) is 5.02 Å². The number of hydrogen-bond acceptors (Lipinski definition) is 4. The summed E-state index contributed by atoms with van der Waals surface area (Å²) in [6.45, 7) is 1.96. The molecule has 21 heavy (non-hydrogen) atoms. The summed E-state index contributed by atoms with van der Waals surface area (Å²) in [6, 6.07) is 4.45. The lowest BCUT2D eigenvalue weighted by Gasteiger charge is -2.08. The molecule has 0 radical (unpaired) electrons. The summed E-state index contributed by atoms with van der Waals surface area (Å²) in [4.78, 5) is 10.8. The molecule has 1 heterocycles. The van der Waals surface area contributed by atoms with E-state index in [0.717, 1.165) is 0 Å². The molecule has 0 saturated heterocycles.